The molecule has 3 rings (SSSR count). The van der Waals surface area contributed by atoms with E-state index < -0.39 is 6.36 Å². The molecule has 1 amide bonds. The summed E-state index contributed by atoms with van der Waals surface area (Å²) in [7, 11) is 0. The fourth-order valence-corrected chi connectivity index (χ4v) is 2.95. The molecule has 0 bridgehead atoms. The number of amides is 1. The van der Waals surface area contributed by atoms with Gasteiger partial charge in [0.25, 0.3) is 0 Å². The van der Waals surface area contributed by atoms with Gasteiger partial charge in [-0.15, -0.1) is 13.2 Å². The zero-order chi connectivity index (χ0) is 18.7. The number of rotatable bonds is 5. The third kappa shape index (κ3) is 4.68. The summed E-state index contributed by atoms with van der Waals surface area (Å²) in [6, 6.07) is 5.93. The molecule has 0 atom stereocenters. The van der Waals surface area contributed by atoms with Crippen molar-refractivity contribution in [3.8, 4) is 5.75 Å². The third-order valence-electron chi connectivity index (χ3n) is 4.00. The highest BCUT2D eigenvalue weighted by atomic mass is 19.4. The maximum Gasteiger partial charge on any atom is 0.573 e. The molecule has 0 fully saturated rings. The Morgan fingerprint density at radius 1 is 1.38 bits per heavy atom. The number of alkyl halides is 3. The standard InChI is InChI=1S/C17H18F3N3O3/c1-11-9-15(22-26-11)21-16(24)6-8-23-7-2-3-12-10-13(4-5-14(12)23)25-17(18,19)20/h4-5,9-10H,2-3,6-8H2,1H3,(H,21,22,24). The highest BCUT2D eigenvalue weighted by Crippen LogP contribution is 2.32. The van der Waals surface area contributed by atoms with Crippen molar-refractivity contribution in [3.05, 3.63) is 35.6 Å². The summed E-state index contributed by atoms with van der Waals surface area (Å²) in [5.74, 6) is 0.530. The second kappa shape index (κ2) is 7.27. The lowest BCUT2D eigenvalue weighted by molar-refractivity contribution is -0.274. The Hall–Kier alpha value is -2.71. The van der Waals surface area contributed by atoms with Gasteiger partial charge in [0, 0.05) is 31.3 Å². The fourth-order valence-electron chi connectivity index (χ4n) is 2.95. The number of hydrogen-bond acceptors (Lipinski definition) is 5. The van der Waals surface area contributed by atoms with Crippen molar-refractivity contribution in [3.63, 3.8) is 0 Å². The normalized spacial score (nSPS) is 14.1. The van der Waals surface area contributed by atoms with Crippen LogP contribution in [0.15, 0.2) is 28.8 Å². The molecule has 1 aliphatic rings. The minimum Gasteiger partial charge on any atom is -0.406 e. The Bertz CT molecular complexity index is 789. The van der Waals surface area contributed by atoms with E-state index in [1.165, 1.54) is 12.1 Å². The van der Waals surface area contributed by atoms with Crippen LogP contribution in [-0.2, 0) is 11.2 Å². The van der Waals surface area contributed by atoms with Crippen LogP contribution in [0.3, 0.4) is 0 Å². The summed E-state index contributed by atoms with van der Waals surface area (Å²) in [5.41, 5.74) is 1.61. The summed E-state index contributed by atoms with van der Waals surface area (Å²) < 4.78 is 45.9. The Morgan fingerprint density at radius 2 is 2.19 bits per heavy atom. The number of fused-ring (bicyclic) bond motifs is 1. The van der Waals surface area contributed by atoms with Crippen LogP contribution in [0.25, 0.3) is 0 Å². The highest BCUT2D eigenvalue weighted by molar-refractivity contribution is 5.90. The number of carbonyl (C=O) groups excluding carboxylic acids is 1. The van der Waals surface area contributed by atoms with Crippen LogP contribution >= 0.6 is 0 Å². The SMILES string of the molecule is Cc1cc(NC(=O)CCN2CCCc3cc(OC(F)(F)F)ccc32)no1. The Kier molecular flexibility index (Phi) is 5.06. The molecule has 140 valence electrons. The van der Waals surface area contributed by atoms with Gasteiger partial charge in [-0.05, 0) is 43.5 Å². The van der Waals surface area contributed by atoms with Gasteiger partial charge in [-0.3, -0.25) is 4.79 Å². The van der Waals surface area contributed by atoms with Gasteiger partial charge < -0.3 is 19.5 Å². The zero-order valence-corrected chi connectivity index (χ0v) is 14.1. The molecule has 26 heavy (non-hydrogen) atoms. The lowest BCUT2D eigenvalue weighted by atomic mass is 10.0. The number of aryl methyl sites for hydroxylation is 2. The number of aromatic nitrogens is 1. The van der Waals surface area contributed by atoms with Gasteiger partial charge in [0.2, 0.25) is 5.91 Å². The lowest BCUT2D eigenvalue weighted by Gasteiger charge is -2.31. The number of nitrogens with zero attached hydrogens (tertiary/aromatic N) is 2. The number of halogens is 3. The summed E-state index contributed by atoms with van der Waals surface area (Å²) >= 11 is 0. The van der Waals surface area contributed by atoms with E-state index in [9.17, 15) is 18.0 Å². The summed E-state index contributed by atoms with van der Waals surface area (Å²) in [4.78, 5) is 14.0. The molecule has 2 aromatic rings. The zero-order valence-electron chi connectivity index (χ0n) is 14.1. The van der Waals surface area contributed by atoms with Crippen molar-refractivity contribution in [1.29, 1.82) is 0 Å². The van der Waals surface area contributed by atoms with E-state index in [0.29, 0.717) is 24.5 Å². The first kappa shape index (κ1) is 18.1. The van der Waals surface area contributed by atoms with Crippen LogP contribution in [-0.4, -0.2) is 30.5 Å². The first-order valence-corrected chi connectivity index (χ1v) is 8.17. The molecular formula is C17H18F3N3O3. The number of anilines is 2. The number of benzene rings is 1. The monoisotopic (exact) mass is 369 g/mol. The maximum atomic E-state index is 12.4. The number of nitrogens with one attached hydrogen (secondary N) is 1. The fraction of sp³-hybridized carbons (Fsp3) is 0.412. The number of hydrogen-bond donors (Lipinski definition) is 1. The van der Waals surface area contributed by atoms with Gasteiger partial charge in [-0.2, -0.15) is 0 Å². The van der Waals surface area contributed by atoms with E-state index in [0.717, 1.165) is 24.2 Å². The first-order chi connectivity index (χ1) is 12.3. The van der Waals surface area contributed by atoms with E-state index in [1.54, 1.807) is 19.1 Å². The largest absolute Gasteiger partial charge is 0.573 e. The molecule has 6 nitrogen and oxygen atoms in total. The second-order valence-corrected chi connectivity index (χ2v) is 6.05. The molecule has 1 aromatic heterocycles. The van der Waals surface area contributed by atoms with Crippen molar-refractivity contribution in [2.75, 3.05) is 23.3 Å². The van der Waals surface area contributed by atoms with Crippen molar-refractivity contribution >= 4 is 17.4 Å². The van der Waals surface area contributed by atoms with Gasteiger partial charge in [0.15, 0.2) is 5.82 Å². The van der Waals surface area contributed by atoms with Crippen molar-refractivity contribution < 1.29 is 27.2 Å². The van der Waals surface area contributed by atoms with Crippen LogP contribution in [0.4, 0.5) is 24.7 Å². The molecule has 1 aliphatic heterocycles. The summed E-state index contributed by atoms with van der Waals surface area (Å²) in [6.07, 6.45) is -3.01. The quantitative estimate of drug-likeness (QED) is 0.871. The number of carbonyl (C=O) groups is 1. The van der Waals surface area contributed by atoms with Crippen molar-refractivity contribution in [2.45, 2.75) is 32.5 Å². The average molecular weight is 369 g/mol. The lowest BCUT2D eigenvalue weighted by Crippen LogP contribution is -2.32. The van der Waals surface area contributed by atoms with Crippen molar-refractivity contribution in [1.82, 2.24) is 5.16 Å². The van der Waals surface area contributed by atoms with E-state index in [1.807, 2.05) is 4.90 Å². The molecule has 0 saturated carbocycles. The summed E-state index contributed by atoms with van der Waals surface area (Å²) in [6.45, 7) is 2.92. The van der Waals surface area contributed by atoms with Crippen LogP contribution in [0.1, 0.15) is 24.2 Å². The van der Waals surface area contributed by atoms with Crippen LogP contribution in [0.5, 0.6) is 5.75 Å². The van der Waals surface area contributed by atoms with Gasteiger partial charge in [-0.1, -0.05) is 5.16 Å². The van der Waals surface area contributed by atoms with Crippen molar-refractivity contribution in [2.24, 2.45) is 0 Å². The molecular weight excluding hydrogens is 351 g/mol. The first-order valence-electron chi connectivity index (χ1n) is 8.17. The van der Waals surface area contributed by atoms with E-state index in [2.05, 4.69) is 15.2 Å². The number of ether oxygens (including phenoxy) is 1. The molecule has 0 spiro atoms. The summed E-state index contributed by atoms with van der Waals surface area (Å²) in [5, 5.41) is 6.34. The van der Waals surface area contributed by atoms with Gasteiger partial charge in [0.1, 0.15) is 11.5 Å². The Balaban J connectivity index is 1.61. The molecule has 1 N–H and O–H groups in total. The molecule has 9 heteroatoms. The maximum absolute atomic E-state index is 12.4. The van der Waals surface area contributed by atoms with E-state index in [-0.39, 0.29) is 18.1 Å². The van der Waals surface area contributed by atoms with Gasteiger partial charge >= 0.3 is 6.36 Å². The van der Waals surface area contributed by atoms with Gasteiger partial charge in [-0.25, -0.2) is 0 Å². The third-order valence-corrected chi connectivity index (χ3v) is 4.00. The Labute approximate surface area is 147 Å². The predicted molar refractivity (Wildman–Crippen MR) is 88.1 cm³/mol. The molecule has 0 saturated heterocycles. The van der Waals surface area contributed by atoms with Gasteiger partial charge in [0.05, 0.1) is 0 Å². The average Bonchev–Trinajstić information content (AvgIpc) is 2.96. The smallest absolute Gasteiger partial charge is 0.406 e. The molecule has 0 radical (unpaired) electrons. The van der Waals surface area contributed by atoms with E-state index >= 15 is 0 Å². The van der Waals surface area contributed by atoms with Crippen LogP contribution in [0, 0.1) is 6.92 Å². The predicted octanol–water partition coefficient (Wildman–Crippen LogP) is 3.66. The minimum absolute atomic E-state index is 0.206. The molecule has 1 aromatic carbocycles. The second-order valence-electron chi connectivity index (χ2n) is 6.05. The topological polar surface area (TPSA) is 67.6 Å². The highest BCUT2D eigenvalue weighted by Gasteiger charge is 2.31. The molecule has 2 heterocycles. The minimum atomic E-state index is -4.71. The molecule has 0 aliphatic carbocycles. The molecule has 0 unspecified atom stereocenters. The Morgan fingerprint density at radius 3 is 2.88 bits per heavy atom. The van der Waals surface area contributed by atoms with Crippen LogP contribution < -0.4 is 15.0 Å². The van der Waals surface area contributed by atoms with E-state index in [4.69, 9.17) is 4.52 Å². The van der Waals surface area contributed by atoms with Crippen LogP contribution in [0.2, 0.25) is 0 Å².